The second-order valence-corrected chi connectivity index (χ2v) is 9.97. The molecule has 3 aromatic carbocycles. The summed E-state index contributed by atoms with van der Waals surface area (Å²) in [6.45, 7) is 0.496. The summed E-state index contributed by atoms with van der Waals surface area (Å²) in [6, 6.07) is 27.4. The van der Waals surface area contributed by atoms with Crippen LogP contribution in [0, 0.1) is 0 Å². The molecular formula is C26H24ClN3O3S. The first kappa shape index (κ1) is 23.8. The Morgan fingerprint density at radius 3 is 2.03 bits per heavy atom. The number of halogens is 1. The first-order valence-electron chi connectivity index (χ1n) is 10.6. The molecule has 0 saturated carbocycles. The van der Waals surface area contributed by atoms with Crippen molar-refractivity contribution in [1.82, 2.24) is 9.29 Å². The highest BCUT2D eigenvalue weighted by atomic mass is 35.5. The Balaban J connectivity index is 1.60. The van der Waals surface area contributed by atoms with E-state index in [2.05, 4.69) is 10.3 Å². The predicted molar refractivity (Wildman–Crippen MR) is 135 cm³/mol. The number of rotatable bonds is 9. The van der Waals surface area contributed by atoms with Crippen LogP contribution in [0.2, 0.25) is 5.02 Å². The topological polar surface area (TPSA) is 71.5 Å². The lowest BCUT2D eigenvalue weighted by molar-refractivity contribution is 0.401. The van der Waals surface area contributed by atoms with Gasteiger partial charge in [0, 0.05) is 24.3 Å². The van der Waals surface area contributed by atoms with Crippen molar-refractivity contribution in [3.63, 3.8) is 0 Å². The minimum absolute atomic E-state index is 0.114. The second kappa shape index (κ2) is 10.7. The standard InChI is InChI=1S/C26H24ClN3O3S/c1-33-25-14-12-22(27)16-24(25)29-26-15-13-23(17-28-26)34(31,32)30(18-20-8-4-2-5-9-20)19-21-10-6-3-7-11-21/h2-17H,18-19H2,1H3,(H,28,29). The molecule has 8 heteroatoms. The number of nitrogens with one attached hydrogen (secondary N) is 1. The summed E-state index contributed by atoms with van der Waals surface area (Å²) in [4.78, 5) is 4.44. The highest BCUT2D eigenvalue weighted by Gasteiger charge is 2.25. The van der Waals surface area contributed by atoms with Crippen LogP contribution >= 0.6 is 11.6 Å². The van der Waals surface area contributed by atoms with Gasteiger partial charge in [0.15, 0.2) is 0 Å². The van der Waals surface area contributed by atoms with Crippen LogP contribution < -0.4 is 10.1 Å². The number of anilines is 2. The van der Waals surface area contributed by atoms with Gasteiger partial charge in [-0.2, -0.15) is 4.31 Å². The van der Waals surface area contributed by atoms with Crippen LogP contribution in [0.3, 0.4) is 0 Å². The van der Waals surface area contributed by atoms with Gasteiger partial charge in [-0.1, -0.05) is 72.3 Å². The summed E-state index contributed by atoms with van der Waals surface area (Å²) in [5.41, 5.74) is 2.44. The largest absolute Gasteiger partial charge is 0.495 e. The Bertz CT molecular complexity index is 1290. The summed E-state index contributed by atoms with van der Waals surface area (Å²) in [5, 5.41) is 3.66. The number of ether oxygens (including phenoxy) is 1. The van der Waals surface area contributed by atoms with E-state index in [4.69, 9.17) is 16.3 Å². The maximum absolute atomic E-state index is 13.6. The quantitative estimate of drug-likeness (QED) is 0.315. The van der Waals surface area contributed by atoms with Gasteiger partial charge in [-0.25, -0.2) is 13.4 Å². The van der Waals surface area contributed by atoms with Gasteiger partial charge in [0.2, 0.25) is 10.0 Å². The summed E-state index contributed by atoms with van der Waals surface area (Å²) >= 11 is 6.09. The molecule has 0 bridgehead atoms. The smallest absolute Gasteiger partial charge is 0.245 e. The number of aromatic nitrogens is 1. The van der Waals surface area contributed by atoms with Crippen molar-refractivity contribution in [3.05, 3.63) is 113 Å². The Kier molecular flexibility index (Phi) is 7.47. The molecule has 1 N–H and O–H groups in total. The normalized spacial score (nSPS) is 11.4. The van der Waals surface area contributed by atoms with Crippen LogP contribution in [-0.4, -0.2) is 24.8 Å². The zero-order valence-electron chi connectivity index (χ0n) is 18.6. The molecule has 4 aromatic rings. The van der Waals surface area contributed by atoms with Crippen LogP contribution in [0.4, 0.5) is 11.5 Å². The van der Waals surface area contributed by atoms with E-state index >= 15 is 0 Å². The molecule has 1 heterocycles. The van der Waals surface area contributed by atoms with Gasteiger partial charge in [0.1, 0.15) is 16.5 Å². The van der Waals surface area contributed by atoms with Gasteiger partial charge in [0.05, 0.1) is 12.8 Å². The molecule has 1 aromatic heterocycles. The summed E-state index contributed by atoms with van der Waals surface area (Å²) in [5.74, 6) is 1.07. The van der Waals surface area contributed by atoms with Crippen molar-refractivity contribution in [3.8, 4) is 5.75 Å². The Morgan fingerprint density at radius 2 is 1.50 bits per heavy atom. The Morgan fingerprint density at radius 1 is 0.882 bits per heavy atom. The third-order valence-electron chi connectivity index (χ3n) is 5.20. The number of sulfonamides is 1. The molecule has 0 aliphatic rings. The highest BCUT2D eigenvalue weighted by Crippen LogP contribution is 2.30. The average molecular weight is 494 g/mol. The molecule has 0 saturated heterocycles. The summed E-state index contributed by atoms with van der Waals surface area (Å²) < 4.78 is 34.0. The maximum Gasteiger partial charge on any atom is 0.245 e. The number of methoxy groups -OCH3 is 1. The van der Waals surface area contributed by atoms with Crippen molar-refractivity contribution in [2.45, 2.75) is 18.0 Å². The fourth-order valence-corrected chi connectivity index (χ4v) is 5.01. The first-order chi connectivity index (χ1) is 16.5. The van der Waals surface area contributed by atoms with E-state index in [1.807, 2.05) is 60.7 Å². The zero-order valence-corrected chi connectivity index (χ0v) is 20.1. The van der Waals surface area contributed by atoms with E-state index in [1.54, 1.807) is 37.4 Å². The predicted octanol–water partition coefficient (Wildman–Crippen LogP) is 5.88. The van der Waals surface area contributed by atoms with Crippen LogP contribution in [0.1, 0.15) is 11.1 Å². The molecule has 0 unspecified atom stereocenters. The summed E-state index contributed by atoms with van der Waals surface area (Å²) in [7, 11) is -2.25. The lowest BCUT2D eigenvalue weighted by Gasteiger charge is -2.22. The Labute approximate surface area is 204 Å². The summed E-state index contributed by atoms with van der Waals surface area (Å²) in [6.07, 6.45) is 1.36. The SMILES string of the molecule is COc1ccc(Cl)cc1Nc1ccc(S(=O)(=O)N(Cc2ccccc2)Cc2ccccc2)cn1. The fraction of sp³-hybridized carbons (Fsp3) is 0.115. The lowest BCUT2D eigenvalue weighted by Crippen LogP contribution is -2.30. The van der Waals surface area contributed by atoms with Gasteiger partial charge in [-0.15, -0.1) is 0 Å². The zero-order chi connectivity index (χ0) is 24.0. The molecule has 0 radical (unpaired) electrons. The molecule has 174 valence electrons. The van der Waals surface area contributed by atoms with Gasteiger partial charge in [-0.3, -0.25) is 0 Å². The third kappa shape index (κ3) is 5.75. The van der Waals surface area contributed by atoms with Crippen molar-refractivity contribution >= 4 is 33.1 Å². The molecule has 6 nitrogen and oxygen atoms in total. The van der Waals surface area contributed by atoms with Crippen LogP contribution in [0.25, 0.3) is 0 Å². The van der Waals surface area contributed by atoms with Crippen LogP contribution in [-0.2, 0) is 23.1 Å². The molecule has 0 aliphatic heterocycles. The number of benzene rings is 3. The number of hydrogen-bond acceptors (Lipinski definition) is 5. The fourth-order valence-electron chi connectivity index (χ4n) is 3.47. The molecule has 0 amide bonds. The van der Waals surface area contributed by atoms with Crippen molar-refractivity contribution in [2.75, 3.05) is 12.4 Å². The molecule has 34 heavy (non-hydrogen) atoms. The monoisotopic (exact) mass is 493 g/mol. The molecule has 0 spiro atoms. The second-order valence-electron chi connectivity index (χ2n) is 7.59. The van der Waals surface area contributed by atoms with E-state index in [0.717, 1.165) is 11.1 Å². The van der Waals surface area contributed by atoms with Gasteiger partial charge < -0.3 is 10.1 Å². The third-order valence-corrected chi connectivity index (χ3v) is 7.21. The van der Waals surface area contributed by atoms with E-state index < -0.39 is 10.0 Å². The first-order valence-corrected chi connectivity index (χ1v) is 12.4. The average Bonchev–Trinajstić information content (AvgIpc) is 2.85. The van der Waals surface area contributed by atoms with Gasteiger partial charge in [0.25, 0.3) is 0 Å². The lowest BCUT2D eigenvalue weighted by atomic mass is 10.2. The highest BCUT2D eigenvalue weighted by molar-refractivity contribution is 7.89. The van der Waals surface area contributed by atoms with Crippen molar-refractivity contribution in [1.29, 1.82) is 0 Å². The van der Waals surface area contributed by atoms with E-state index in [0.29, 0.717) is 22.3 Å². The number of pyridine rings is 1. The van der Waals surface area contributed by atoms with Crippen LogP contribution in [0.15, 0.2) is 102 Å². The Hall–Kier alpha value is -3.39. The molecule has 0 aliphatic carbocycles. The number of nitrogens with zero attached hydrogens (tertiary/aromatic N) is 2. The molecule has 0 fully saturated rings. The van der Waals surface area contributed by atoms with E-state index in [9.17, 15) is 8.42 Å². The van der Waals surface area contributed by atoms with Gasteiger partial charge >= 0.3 is 0 Å². The van der Waals surface area contributed by atoms with Crippen molar-refractivity contribution in [2.24, 2.45) is 0 Å². The van der Waals surface area contributed by atoms with E-state index in [-0.39, 0.29) is 18.0 Å². The number of hydrogen-bond donors (Lipinski definition) is 1. The van der Waals surface area contributed by atoms with Crippen LogP contribution in [0.5, 0.6) is 5.75 Å². The van der Waals surface area contributed by atoms with Gasteiger partial charge in [-0.05, 0) is 41.5 Å². The molecule has 0 atom stereocenters. The van der Waals surface area contributed by atoms with Crippen molar-refractivity contribution < 1.29 is 13.2 Å². The minimum Gasteiger partial charge on any atom is -0.495 e. The van der Waals surface area contributed by atoms with E-state index in [1.165, 1.54) is 10.5 Å². The molecule has 4 rings (SSSR count). The minimum atomic E-state index is -3.81. The maximum atomic E-state index is 13.6. The molecular weight excluding hydrogens is 470 g/mol.